The molecule has 0 bridgehead atoms. The SMILES string of the molecule is Cl.O=C(NCCOc1ccccc1C(F)(F)F)C1CCNC1. The number of para-hydroxylation sites is 1. The molecular weight excluding hydrogens is 321 g/mol. The standard InChI is InChI=1S/C14H17F3N2O2.ClH/c15-14(16,17)11-3-1-2-4-12(11)21-8-7-19-13(20)10-5-6-18-9-10;/h1-4,10,18H,5-9H2,(H,19,20);1H. The fourth-order valence-electron chi connectivity index (χ4n) is 2.18. The molecule has 8 heteroatoms. The molecule has 4 nitrogen and oxygen atoms in total. The minimum Gasteiger partial charge on any atom is -0.491 e. The minimum absolute atomic E-state index is 0. The summed E-state index contributed by atoms with van der Waals surface area (Å²) in [6.07, 6.45) is -3.67. The number of hydrogen-bond donors (Lipinski definition) is 2. The summed E-state index contributed by atoms with van der Waals surface area (Å²) in [5, 5.41) is 5.74. The van der Waals surface area contributed by atoms with Crippen molar-refractivity contribution in [3.63, 3.8) is 0 Å². The minimum atomic E-state index is -4.45. The Labute approximate surface area is 132 Å². The molecule has 1 aromatic carbocycles. The third kappa shape index (κ3) is 5.06. The number of hydrogen-bond acceptors (Lipinski definition) is 3. The molecule has 124 valence electrons. The van der Waals surface area contributed by atoms with Crippen LogP contribution in [0.4, 0.5) is 13.2 Å². The third-order valence-corrected chi connectivity index (χ3v) is 3.28. The number of halogens is 4. The smallest absolute Gasteiger partial charge is 0.419 e. The van der Waals surface area contributed by atoms with Gasteiger partial charge in [-0.15, -0.1) is 12.4 Å². The summed E-state index contributed by atoms with van der Waals surface area (Å²) in [6.45, 7) is 1.64. The first-order valence-electron chi connectivity index (χ1n) is 6.76. The van der Waals surface area contributed by atoms with Gasteiger partial charge in [-0.2, -0.15) is 13.2 Å². The number of rotatable bonds is 5. The molecule has 1 unspecified atom stereocenters. The molecule has 22 heavy (non-hydrogen) atoms. The van der Waals surface area contributed by atoms with Crippen LogP contribution in [0.2, 0.25) is 0 Å². The molecule has 1 aliphatic rings. The lowest BCUT2D eigenvalue weighted by molar-refractivity contribution is -0.139. The van der Waals surface area contributed by atoms with Crippen molar-refractivity contribution in [1.29, 1.82) is 0 Å². The van der Waals surface area contributed by atoms with E-state index in [0.717, 1.165) is 19.0 Å². The summed E-state index contributed by atoms with van der Waals surface area (Å²) in [5.41, 5.74) is -0.809. The van der Waals surface area contributed by atoms with Crippen molar-refractivity contribution in [2.24, 2.45) is 5.92 Å². The Hall–Kier alpha value is -1.47. The van der Waals surface area contributed by atoms with E-state index in [1.165, 1.54) is 18.2 Å². The second-order valence-corrected chi connectivity index (χ2v) is 4.82. The van der Waals surface area contributed by atoms with Gasteiger partial charge < -0.3 is 15.4 Å². The summed E-state index contributed by atoms with van der Waals surface area (Å²) in [4.78, 5) is 11.7. The molecule has 0 aromatic heterocycles. The zero-order chi connectivity index (χ0) is 15.3. The Kier molecular flexibility index (Phi) is 6.96. The van der Waals surface area contributed by atoms with Crippen molar-refractivity contribution in [3.05, 3.63) is 29.8 Å². The first kappa shape index (κ1) is 18.6. The second-order valence-electron chi connectivity index (χ2n) is 4.82. The van der Waals surface area contributed by atoms with E-state index in [0.29, 0.717) is 6.54 Å². The second kappa shape index (κ2) is 8.24. The first-order valence-corrected chi connectivity index (χ1v) is 6.76. The van der Waals surface area contributed by atoms with Gasteiger partial charge >= 0.3 is 6.18 Å². The highest BCUT2D eigenvalue weighted by Gasteiger charge is 2.34. The Morgan fingerprint density at radius 1 is 1.36 bits per heavy atom. The van der Waals surface area contributed by atoms with Gasteiger partial charge in [-0.3, -0.25) is 4.79 Å². The topological polar surface area (TPSA) is 50.4 Å². The van der Waals surface area contributed by atoms with Crippen LogP contribution in [0.5, 0.6) is 5.75 Å². The molecule has 0 saturated carbocycles. The molecule has 1 fully saturated rings. The highest BCUT2D eigenvalue weighted by atomic mass is 35.5. The molecule has 2 rings (SSSR count). The number of amides is 1. The Morgan fingerprint density at radius 2 is 2.09 bits per heavy atom. The van der Waals surface area contributed by atoms with E-state index in [1.807, 2.05) is 0 Å². The highest BCUT2D eigenvalue weighted by molar-refractivity contribution is 5.85. The maximum atomic E-state index is 12.7. The lowest BCUT2D eigenvalue weighted by atomic mass is 10.1. The van der Waals surface area contributed by atoms with Gasteiger partial charge in [0.05, 0.1) is 18.0 Å². The van der Waals surface area contributed by atoms with Crippen molar-refractivity contribution in [2.45, 2.75) is 12.6 Å². The molecule has 1 atom stereocenters. The van der Waals surface area contributed by atoms with Crippen LogP contribution in [0.25, 0.3) is 0 Å². The molecule has 1 saturated heterocycles. The van der Waals surface area contributed by atoms with Crippen LogP contribution in [-0.4, -0.2) is 32.1 Å². The normalized spacial score (nSPS) is 17.7. The van der Waals surface area contributed by atoms with Crippen LogP contribution in [0.15, 0.2) is 24.3 Å². The average Bonchev–Trinajstić information content (AvgIpc) is 2.97. The van der Waals surface area contributed by atoms with Crippen LogP contribution in [0.1, 0.15) is 12.0 Å². The van der Waals surface area contributed by atoms with E-state index in [4.69, 9.17) is 4.74 Å². The summed E-state index contributed by atoms with van der Waals surface area (Å²) in [7, 11) is 0. The largest absolute Gasteiger partial charge is 0.491 e. The fourth-order valence-corrected chi connectivity index (χ4v) is 2.18. The van der Waals surface area contributed by atoms with E-state index in [2.05, 4.69) is 10.6 Å². The summed E-state index contributed by atoms with van der Waals surface area (Å²) < 4.78 is 43.3. The Balaban J connectivity index is 0.00000242. The molecule has 0 radical (unpaired) electrons. The Bertz CT molecular complexity index is 491. The number of carbonyl (C=O) groups is 1. The lowest BCUT2D eigenvalue weighted by Gasteiger charge is -2.14. The molecule has 1 aromatic rings. The monoisotopic (exact) mass is 338 g/mol. The average molecular weight is 339 g/mol. The zero-order valence-corrected chi connectivity index (χ0v) is 12.6. The van der Waals surface area contributed by atoms with Gasteiger partial charge in [0.25, 0.3) is 0 Å². The van der Waals surface area contributed by atoms with E-state index in [-0.39, 0.29) is 43.1 Å². The van der Waals surface area contributed by atoms with Gasteiger partial charge in [-0.05, 0) is 25.1 Å². The van der Waals surface area contributed by atoms with Crippen LogP contribution < -0.4 is 15.4 Å². The predicted molar refractivity (Wildman–Crippen MR) is 78.2 cm³/mol. The van der Waals surface area contributed by atoms with E-state index in [9.17, 15) is 18.0 Å². The summed E-state index contributed by atoms with van der Waals surface area (Å²) in [5.74, 6) is -0.373. The van der Waals surface area contributed by atoms with Gasteiger partial charge in [0.1, 0.15) is 12.4 Å². The number of carbonyl (C=O) groups excluding carboxylic acids is 1. The lowest BCUT2D eigenvalue weighted by Crippen LogP contribution is -2.34. The molecule has 0 spiro atoms. The van der Waals surface area contributed by atoms with Crippen molar-refractivity contribution >= 4 is 18.3 Å². The summed E-state index contributed by atoms with van der Waals surface area (Å²) in [6, 6.07) is 5.03. The molecule has 2 N–H and O–H groups in total. The van der Waals surface area contributed by atoms with Crippen molar-refractivity contribution < 1.29 is 22.7 Å². The van der Waals surface area contributed by atoms with Gasteiger partial charge in [-0.1, -0.05) is 12.1 Å². The number of alkyl halides is 3. The van der Waals surface area contributed by atoms with Crippen LogP contribution in [-0.2, 0) is 11.0 Å². The van der Waals surface area contributed by atoms with Gasteiger partial charge in [0, 0.05) is 6.54 Å². The number of nitrogens with one attached hydrogen (secondary N) is 2. The van der Waals surface area contributed by atoms with Crippen molar-refractivity contribution in [3.8, 4) is 5.75 Å². The van der Waals surface area contributed by atoms with Gasteiger partial charge in [0.15, 0.2) is 0 Å². The maximum Gasteiger partial charge on any atom is 0.419 e. The van der Waals surface area contributed by atoms with Crippen LogP contribution >= 0.6 is 12.4 Å². The summed E-state index contributed by atoms with van der Waals surface area (Å²) >= 11 is 0. The predicted octanol–water partition coefficient (Wildman–Crippen LogP) is 2.23. The van der Waals surface area contributed by atoms with E-state index in [1.54, 1.807) is 0 Å². The van der Waals surface area contributed by atoms with Gasteiger partial charge in [0.2, 0.25) is 5.91 Å². The van der Waals surface area contributed by atoms with Crippen LogP contribution in [0, 0.1) is 5.92 Å². The molecular formula is C14H18ClF3N2O2. The molecule has 0 aliphatic carbocycles. The third-order valence-electron chi connectivity index (χ3n) is 3.28. The maximum absolute atomic E-state index is 12.7. The van der Waals surface area contributed by atoms with E-state index >= 15 is 0 Å². The zero-order valence-electron chi connectivity index (χ0n) is 11.8. The van der Waals surface area contributed by atoms with Crippen LogP contribution in [0.3, 0.4) is 0 Å². The molecule has 1 aliphatic heterocycles. The van der Waals surface area contributed by atoms with E-state index < -0.39 is 11.7 Å². The Morgan fingerprint density at radius 3 is 2.73 bits per heavy atom. The quantitative estimate of drug-likeness (QED) is 0.810. The molecule has 1 heterocycles. The highest BCUT2D eigenvalue weighted by Crippen LogP contribution is 2.35. The first-order chi connectivity index (χ1) is 9.98. The number of benzene rings is 1. The van der Waals surface area contributed by atoms with Crippen molar-refractivity contribution in [1.82, 2.24) is 10.6 Å². The molecule has 1 amide bonds. The van der Waals surface area contributed by atoms with Crippen molar-refractivity contribution in [2.75, 3.05) is 26.2 Å². The number of ether oxygens (including phenoxy) is 1. The van der Waals surface area contributed by atoms with Gasteiger partial charge in [-0.25, -0.2) is 0 Å². The fraction of sp³-hybridized carbons (Fsp3) is 0.500.